The molecule has 2 aromatic heterocycles. The van der Waals surface area contributed by atoms with Crippen molar-refractivity contribution in [3.63, 3.8) is 0 Å². The van der Waals surface area contributed by atoms with E-state index in [-0.39, 0.29) is 11.7 Å². The number of piperazine rings is 1. The second-order valence-electron chi connectivity index (χ2n) is 5.46. The van der Waals surface area contributed by atoms with Crippen molar-refractivity contribution >= 4 is 29.2 Å². The van der Waals surface area contributed by atoms with Crippen molar-refractivity contribution in [1.82, 2.24) is 14.9 Å². The summed E-state index contributed by atoms with van der Waals surface area (Å²) >= 11 is 1.42. The Morgan fingerprint density at radius 3 is 2.54 bits per heavy atom. The molecule has 1 fully saturated rings. The van der Waals surface area contributed by atoms with E-state index in [2.05, 4.69) is 14.9 Å². The predicted octanol–water partition coefficient (Wildman–Crippen LogP) is 1.21. The van der Waals surface area contributed by atoms with Crippen LogP contribution in [0.2, 0.25) is 0 Å². The zero-order chi connectivity index (χ0) is 16.9. The summed E-state index contributed by atoms with van der Waals surface area (Å²) in [5.74, 6) is 1.45. The number of nitrogen functional groups attached to an aromatic ring is 1. The lowest BCUT2D eigenvalue weighted by atomic mass is 10.3. The van der Waals surface area contributed by atoms with Crippen LogP contribution < -0.4 is 10.6 Å². The van der Waals surface area contributed by atoms with Crippen molar-refractivity contribution < 1.29 is 9.90 Å². The monoisotopic (exact) mass is 345 g/mol. The molecule has 3 rings (SSSR count). The maximum Gasteiger partial charge on any atom is 0.233 e. The highest BCUT2D eigenvalue weighted by Crippen LogP contribution is 2.19. The van der Waals surface area contributed by atoms with Gasteiger partial charge in [0, 0.05) is 26.2 Å². The lowest BCUT2D eigenvalue weighted by Gasteiger charge is -2.35. The minimum atomic E-state index is 0.108. The van der Waals surface area contributed by atoms with E-state index < -0.39 is 0 Å². The Morgan fingerprint density at radius 2 is 1.92 bits per heavy atom. The van der Waals surface area contributed by atoms with Crippen LogP contribution in [0.25, 0.3) is 0 Å². The topological polar surface area (TPSA) is 95.6 Å². The minimum Gasteiger partial charge on any atom is -0.506 e. The van der Waals surface area contributed by atoms with Gasteiger partial charge in [0.1, 0.15) is 11.6 Å². The summed E-state index contributed by atoms with van der Waals surface area (Å²) in [4.78, 5) is 24.7. The van der Waals surface area contributed by atoms with Crippen LogP contribution in [-0.2, 0) is 4.79 Å². The number of pyridine rings is 2. The largest absolute Gasteiger partial charge is 0.506 e. The Balaban J connectivity index is 1.48. The molecule has 0 aliphatic carbocycles. The molecule has 0 radical (unpaired) electrons. The molecule has 1 aliphatic heterocycles. The summed E-state index contributed by atoms with van der Waals surface area (Å²) in [6.07, 6.45) is 3.03. The van der Waals surface area contributed by atoms with Crippen molar-refractivity contribution in [3.8, 4) is 5.75 Å². The fourth-order valence-corrected chi connectivity index (χ4v) is 3.20. The zero-order valence-electron chi connectivity index (χ0n) is 13.1. The van der Waals surface area contributed by atoms with Gasteiger partial charge < -0.3 is 20.6 Å². The van der Waals surface area contributed by atoms with Crippen LogP contribution in [0, 0.1) is 0 Å². The van der Waals surface area contributed by atoms with E-state index in [0.717, 1.165) is 23.9 Å². The number of nitrogens with zero attached hydrogens (tertiary/aromatic N) is 4. The SMILES string of the molecule is Nc1ccc(SCC(=O)N2CCN(c3ccc(O)cn3)CC2)nc1. The second kappa shape index (κ2) is 7.39. The molecular weight excluding hydrogens is 326 g/mol. The van der Waals surface area contributed by atoms with Gasteiger partial charge in [0.05, 0.1) is 28.9 Å². The minimum absolute atomic E-state index is 0.108. The summed E-state index contributed by atoms with van der Waals surface area (Å²) in [5.41, 5.74) is 6.21. The molecule has 8 heteroatoms. The number of carbonyl (C=O) groups excluding carboxylic acids is 1. The van der Waals surface area contributed by atoms with Gasteiger partial charge in [0.15, 0.2) is 0 Å². The zero-order valence-corrected chi connectivity index (χ0v) is 13.9. The van der Waals surface area contributed by atoms with Crippen molar-refractivity contribution in [2.45, 2.75) is 5.03 Å². The summed E-state index contributed by atoms with van der Waals surface area (Å²) in [6, 6.07) is 7.01. The van der Waals surface area contributed by atoms with Crippen LogP contribution in [0.3, 0.4) is 0 Å². The van der Waals surface area contributed by atoms with Crippen LogP contribution in [0.15, 0.2) is 41.7 Å². The maximum absolute atomic E-state index is 12.3. The number of aromatic hydroxyl groups is 1. The Morgan fingerprint density at radius 1 is 1.12 bits per heavy atom. The van der Waals surface area contributed by atoms with Crippen molar-refractivity contribution in [2.75, 3.05) is 42.6 Å². The van der Waals surface area contributed by atoms with Crippen LogP contribution in [0.1, 0.15) is 0 Å². The fraction of sp³-hybridized carbons (Fsp3) is 0.312. The van der Waals surface area contributed by atoms with Gasteiger partial charge in [-0.1, -0.05) is 11.8 Å². The number of hydrogen-bond donors (Lipinski definition) is 2. The van der Waals surface area contributed by atoms with Gasteiger partial charge in [0.2, 0.25) is 5.91 Å². The number of carbonyl (C=O) groups is 1. The molecule has 3 heterocycles. The molecular formula is C16H19N5O2S. The first-order chi connectivity index (χ1) is 11.6. The first-order valence-electron chi connectivity index (χ1n) is 7.64. The van der Waals surface area contributed by atoms with E-state index in [1.807, 2.05) is 11.0 Å². The molecule has 0 bridgehead atoms. The normalized spacial score (nSPS) is 14.7. The summed E-state index contributed by atoms with van der Waals surface area (Å²) < 4.78 is 0. The standard InChI is InChI=1S/C16H19N5O2S/c17-12-1-4-15(19-9-12)24-11-16(23)21-7-5-20(6-8-21)14-3-2-13(22)10-18-14/h1-4,9-10,22H,5-8,11,17H2. The molecule has 1 amide bonds. The molecule has 0 aromatic carbocycles. The van der Waals surface area contributed by atoms with Gasteiger partial charge in [-0.2, -0.15) is 0 Å². The van der Waals surface area contributed by atoms with E-state index in [1.165, 1.54) is 18.0 Å². The van der Waals surface area contributed by atoms with Gasteiger partial charge in [-0.3, -0.25) is 4.79 Å². The van der Waals surface area contributed by atoms with Gasteiger partial charge in [-0.15, -0.1) is 0 Å². The molecule has 1 aliphatic rings. The molecule has 3 N–H and O–H groups in total. The molecule has 126 valence electrons. The molecule has 0 unspecified atom stereocenters. The number of aromatic nitrogens is 2. The van der Waals surface area contributed by atoms with E-state index in [4.69, 9.17) is 5.73 Å². The highest BCUT2D eigenvalue weighted by atomic mass is 32.2. The summed E-state index contributed by atoms with van der Waals surface area (Å²) in [5, 5.41) is 10.1. The highest BCUT2D eigenvalue weighted by molar-refractivity contribution is 7.99. The molecule has 0 atom stereocenters. The van der Waals surface area contributed by atoms with Crippen molar-refractivity contribution in [3.05, 3.63) is 36.7 Å². The number of hydrogen-bond acceptors (Lipinski definition) is 7. The van der Waals surface area contributed by atoms with Crippen molar-refractivity contribution in [1.29, 1.82) is 0 Å². The van der Waals surface area contributed by atoms with Gasteiger partial charge in [-0.05, 0) is 24.3 Å². The third-order valence-electron chi connectivity index (χ3n) is 3.79. The fourth-order valence-electron chi connectivity index (χ4n) is 2.45. The maximum atomic E-state index is 12.3. The van der Waals surface area contributed by atoms with Crippen molar-refractivity contribution in [2.24, 2.45) is 0 Å². The molecule has 7 nitrogen and oxygen atoms in total. The van der Waals surface area contributed by atoms with E-state index >= 15 is 0 Å². The summed E-state index contributed by atoms with van der Waals surface area (Å²) in [6.45, 7) is 2.79. The van der Waals surface area contributed by atoms with Crippen LogP contribution in [-0.4, -0.2) is 57.8 Å². The highest BCUT2D eigenvalue weighted by Gasteiger charge is 2.21. The average Bonchev–Trinajstić information content (AvgIpc) is 2.62. The Kier molecular flexibility index (Phi) is 5.05. The van der Waals surface area contributed by atoms with E-state index in [1.54, 1.807) is 24.4 Å². The lowest BCUT2D eigenvalue weighted by Crippen LogP contribution is -2.49. The molecule has 24 heavy (non-hydrogen) atoms. The Labute approximate surface area is 144 Å². The number of amides is 1. The average molecular weight is 345 g/mol. The van der Waals surface area contributed by atoms with Gasteiger partial charge in [-0.25, -0.2) is 9.97 Å². The number of anilines is 2. The third kappa shape index (κ3) is 4.08. The van der Waals surface area contributed by atoms with E-state index in [9.17, 15) is 9.90 Å². The lowest BCUT2D eigenvalue weighted by molar-refractivity contribution is -0.128. The number of thioether (sulfide) groups is 1. The van der Waals surface area contributed by atoms with Crippen LogP contribution in [0.4, 0.5) is 11.5 Å². The number of nitrogens with two attached hydrogens (primary N) is 1. The smallest absolute Gasteiger partial charge is 0.233 e. The quantitative estimate of drug-likeness (QED) is 0.804. The van der Waals surface area contributed by atoms with Gasteiger partial charge in [0.25, 0.3) is 0 Å². The first kappa shape index (κ1) is 16.4. The predicted molar refractivity (Wildman–Crippen MR) is 94.1 cm³/mol. The molecule has 0 spiro atoms. The van der Waals surface area contributed by atoms with Crippen LogP contribution >= 0.6 is 11.8 Å². The van der Waals surface area contributed by atoms with Gasteiger partial charge >= 0.3 is 0 Å². The molecule has 2 aromatic rings. The first-order valence-corrected chi connectivity index (χ1v) is 8.62. The van der Waals surface area contributed by atoms with E-state index in [0.29, 0.717) is 24.5 Å². The number of rotatable bonds is 4. The molecule has 0 saturated carbocycles. The Bertz CT molecular complexity index is 685. The second-order valence-corrected chi connectivity index (χ2v) is 6.46. The summed E-state index contributed by atoms with van der Waals surface area (Å²) in [7, 11) is 0. The third-order valence-corrected chi connectivity index (χ3v) is 4.72. The Hall–Kier alpha value is -2.48. The molecule has 1 saturated heterocycles. The van der Waals surface area contributed by atoms with Crippen LogP contribution in [0.5, 0.6) is 5.75 Å².